The van der Waals surface area contributed by atoms with E-state index in [0.29, 0.717) is 33.2 Å². The molecule has 0 aliphatic heterocycles. The number of carboxylic acids is 1. The molecule has 0 fully saturated rings. The van der Waals surface area contributed by atoms with Crippen molar-refractivity contribution in [2.24, 2.45) is 10.2 Å². The average Bonchev–Trinajstić information content (AvgIpc) is 3.06. The summed E-state index contributed by atoms with van der Waals surface area (Å²) < 4.78 is 1.35. The molecule has 3 aromatic carbocycles. The molecular weight excluding hydrogens is 432 g/mol. The number of aromatic amines is 1. The third-order valence-electron chi connectivity index (χ3n) is 4.81. The summed E-state index contributed by atoms with van der Waals surface area (Å²) in [5.41, 5.74) is 2.09. The summed E-state index contributed by atoms with van der Waals surface area (Å²) in [6, 6.07) is 18.0. The Kier molecular flexibility index (Phi) is 5.61. The van der Waals surface area contributed by atoms with Crippen LogP contribution in [0.1, 0.15) is 16.1 Å². The van der Waals surface area contributed by atoms with Gasteiger partial charge >= 0.3 is 5.97 Å². The van der Waals surface area contributed by atoms with Crippen molar-refractivity contribution in [3.63, 3.8) is 0 Å². The summed E-state index contributed by atoms with van der Waals surface area (Å²) in [6.45, 7) is 1.72. The molecular formula is C23H17ClN4O4. The van der Waals surface area contributed by atoms with Crippen LogP contribution in [-0.2, 0) is 0 Å². The Hall–Kier alpha value is -4.17. The van der Waals surface area contributed by atoms with Crippen LogP contribution in [0.4, 0.5) is 11.4 Å². The second kappa shape index (κ2) is 8.52. The highest BCUT2D eigenvalue weighted by molar-refractivity contribution is 6.30. The Bertz CT molecular complexity index is 1400. The molecule has 0 aliphatic rings. The van der Waals surface area contributed by atoms with Crippen LogP contribution in [-0.4, -0.2) is 26.0 Å². The first-order valence-corrected chi connectivity index (χ1v) is 9.88. The van der Waals surface area contributed by atoms with Gasteiger partial charge in [-0.2, -0.15) is 5.11 Å². The average molecular weight is 449 g/mol. The van der Waals surface area contributed by atoms with Crippen LogP contribution in [0.2, 0.25) is 5.02 Å². The van der Waals surface area contributed by atoms with Crippen LogP contribution >= 0.6 is 11.6 Å². The topological polar surface area (TPSA) is 120 Å². The molecule has 1 heterocycles. The molecule has 0 amide bonds. The Morgan fingerprint density at radius 3 is 2.47 bits per heavy atom. The first-order valence-electron chi connectivity index (χ1n) is 9.50. The number of carboxylic acid groups (broad SMARTS) is 1. The second-order valence-corrected chi connectivity index (χ2v) is 7.40. The molecule has 0 radical (unpaired) electrons. The zero-order chi connectivity index (χ0) is 22.8. The van der Waals surface area contributed by atoms with Crippen LogP contribution in [0.3, 0.4) is 0 Å². The number of hydrogen-bond donors (Lipinski definition) is 3. The van der Waals surface area contributed by atoms with Gasteiger partial charge in [0.25, 0.3) is 5.56 Å². The second-order valence-electron chi connectivity index (χ2n) is 6.96. The van der Waals surface area contributed by atoms with E-state index in [1.54, 1.807) is 67.6 Å². The van der Waals surface area contributed by atoms with Crippen molar-refractivity contribution in [1.82, 2.24) is 9.78 Å². The van der Waals surface area contributed by atoms with E-state index >= 15 is 0 Å². The van der Waals surface area contributed by atoms with Gasteiger partial charge in [0.15, 0.2) is 5.69 Å². The van der Waals surface area contributed by atoms with Crippen molar-refractivity contribution in [2.45, 2.75) is 6.92 Å². The molecule has 3 N–H and O–H groups in total. The molecule has 1 aromatic heterocycles. The number of benzene rings is 3. The van der Waals surface area contributed by atoms with Crippen LogP contribution in [0, 0.1) is 6.92 Å². The molecule has 0 unspecified atom stereocenters. The summed E-state index contributed by atoms with van der Waals surface area (Å²) in [6.07, 6.45) is 0. The number of azo groups is 1. The highest BCUT2D eigenvalue weighted by Crippen LogP contribution is 2.34. The smallest absolute Gasteiger partial charge is 0.339 e. The van der Waals surface area contributed by atoms with Crippen molar-refractivity contribution in [3.8, 4) is 22.6 Å². The van der Waals surface area contributed by atoms with Gasteiger partial charge in [-0.25, -0.2) is 9.48 Å². The standard InChI is InChI=1S/C23H17ClN4O4/c1-13-20(22(30)28(27-13)17-10-8-15(24)9-11-17)26-25-16-5-2-4-14(12-16)18-6-3-7-19(21(18)29)23(31)32/h2-12,27,29H,1H3,(H,31,32). The monoisotopic (exact) mass is 448 g/mol. The van der Waals surface area contributed by atoms with Crippen LogP contribution in [0.25, 0.3) is 16.8 Å². The number of H-pyrrole nitrogens is 1. The van der Waals surface area contributed by atoms with E-state index in [1.165, 1.54) is 10.7 Å². The summed E-state index contributed by atoms with van der Waals surface area (Å²) in [5.74, 6) is -1.55. The van der Waals surface area contributed by atoms with Gasteiger partial charge in [0.1, 0.15) is 11.3 Å². The highest BCUT2D eigenvalue weighted by atomic mass is 35.5. The first kappa shape index (κ1) is 21.1. The van der Waals surface area contributed by atoms with Gasteiger partial charge in [0.05, 0.1) is 17.1 Å². The maximum Gasteiger partial charge on any atom is 0.339 e. The lowest BCUT2D eigenvalue weighted by Crippen LogP contribution is -2.13. The summed E-state index contributed by atoms with van der Waals surface area (Å²) >= 11 is 5.91. The minimum atomic E-state index is -1.22. The highest BCUT2D eigenvalue weighted by Gasteiger charge is 2.15. The lowest BCUT2D eigenvalue weighted by Gasteiger charge is -2.07. The SMILES string of the molecule is Cc1[nH]n(-c2ccc(Cl)cc2)c(=O)c1N=Nc1cccc(-c2cccc(C(=O)O)c2O)c1. The molecule has 8 nitrogen and oxygen atoms in total. The largest absolute Gasteiger partial charge is 0.506 e. The number of hydrogen-bond acceptors (Lipinski definition) is 5. The number of phenols is 1. The van der Waals surface area contributed by atoms with E-state index in [9.17, 15) is 19.8 Å². The molecule has 9 heteroatoms. The van der Waals surface area contributed by atoms with E-state index in [4.69, 9.17) is 11.6 Å². The summed E-state index contributed by atoms with van der Waals surface area (Å²) in [4.78, 5) is 24.1. The normalized spacial score (nSPS) is 11.2. The van der Waals surface area contributed by atoms with Crippen molar-refractivity contribution in [3.05, 3.63) is 93.4 Å². The van der Waals surface area contributed by atoms with Gasteiger partial charge in [0.2, 0.25) is 0 Å². The number of rotatable bonds is 5. The zero-order valence-corrected chi connectivity index (χ0v) is 17.5. The molecule has 0 aliphatic carbocycles. The molecule has 4 aromatic rings. The van der Waals surface area contributed by atoms with Gasteiger partial charge in [0, 0.05) is 10.6 Å². The minimum Gasteiger partial charge on any atom is -0.506 e. The Balaban J connectivity index is 1.68. The van der Waals surface area contributed by atoms with E-state index in [0.717, 1.165) is 0 Å². The van der Waals surface area contributed by atoms with E-state index in [1.807, 2.05) is 0 Å². The summed E-state index contributed by atoms with van der Waals surface area (Å²) in [5, 5.41) is 31.3. The zero-order valence-electron chi connectivity index (χ0n) is 16.8. The fourth-order valence-electron chi connectivity index (χ4n) is 3.22. The van der Waals surface area contributed by atoms with Crippen LogP contribution < -0.4 is 5.56 Å². The molecule has 0 saturated carbocycles. The predicted molar refractivity (Wildman–Crippen MR) is 121 cm³/mol. The maximum atomic E-state index is 12.8. The number of aromatic nitrogens is 2. The molecule has 32 heavy (non-hydrogen) atoms. The van der Waals surface area contributed by atoms with Crippen molar-refractivity contribution in [1.29, 1.82) is 0 Å². The van der Waals surface area contributed by atoms with Crippen LogP contribution in [0.5, 0.6) is 5.75 Å². The number of carbonyl (C=O) groups is 1. The number of nitrogens with zero attached hydrogens (tertiary/aromatic N) is 3. The van der Waals surface area contributed by atoms with E-state index in [2.05, 4.69) is 15.3 Å². The third kappa shape index (κ3) is 4.03. The predicted octanol–water partition coefficient (Wildman–Crippen LogP) is 5.61. The van der Waals surface area contributed by atoms with Gasteiger partial charge in [-0.05, 0) is 55.0 Å². The van der Waals surface area contributed by atoms with Crippen LogP contribution in [0.15, 0.2) is 81.8 Å². The molecule has 0 atom stereocenters. The molecule has 4 rings (SSSR count). The number of aryl methyl sites for hydroxylation is 1. The van der Waals surface area contributed by atoms with Crippen molar-refractivity contribution in [2.75, 3.05) is 0 Å². The van der Waals surface area contributed by atoms with Gasteiger partial charge < -0.3 is 10.2 Å². The quantitative estimate of drug-likeness (QED) is 0.343. The number of aromatic carboxylic acids is 1. The third-order valence-corrected chi connectivity index (χ3v) is 5.07. The molecule has 0 saturated heterocycles. The lowest BCUT2D eigenvalue weighted by molar-refractivity contribution is 0.0694. The van der Waals surface area contributed by atoms with Gasteiger partial charge in [-0.15, -0.1) is 5.11 Å². The van der Waals surface area contributed by atoms with Gasteiger partial charge in [-0.3, -0.25) is 9.89 Å². The number of nitrogens with one attached hydrogen (secondary N) is 1. The fraction of sp³-hybridized carbons (Fsp3) is 0.0435. The Morgan fingerprint density at radius 2 is 1.75 bits per heavy atom. The fourth-order valence-corrected chi connectivity index (χ4v) is 3.35. The number of aromatic hydroxyl groups is 1. The summed E-state index contributed by atoms with van der Waals surface area (Å²) in [7, 11) is 0. The Labute approximate surface area is 187 Å². The van der Waals surface area contributed by atoms with E-state index in [-0.39, 0.29) is 22.6 Å². The number of para-hydroxylation sites is 1. The van der Waals surface area contributed by atoms with Crippen molar-refractivity contribution >= 4 is 28.9 Å². The minimum absolute atomic E-state index is 0.154. The maximum absolute atomic E-state index is 12.8. The number of halogens is 1. The molecule has 0 bridgehead atoms. The molecule has 0 spiro atoms. The van der Waals surface area contributed by atoms with Crippen molar-refractivity contribution < 1.29 is 15.0 Å². The van der Waals surface area contributed by atoms with E-state index < -0.39 is 5.97 Å². The Morgan fingerprint density at radius 1 is 1.03 bits per heavy atom. The van der Waals surface area contributed by atoms with Gasteiger partial charge in [-0.1, -0.05) is 35.9 Å². The first-order chi connectivity index (χ1) is 15.3. The molecule has 160 valence electrons. The lowest BCUT2D eigenvalue weighted by atomic mass is 10.0.